The molecule has 0 atom stereocenters. The summed E-state index contributed by atoms with van der Waals surface area (Å²) in [5, 5.41) is 13.4. The summed E-state index contributed by atoms with van der Waals surface area (Å²) in [5.74, 6) is 1.35. The second-order valence-corrected chi connectivity index (χ2v) is 9.02. The summed E-state index contributed by atoms with van der Waals surface area (Å²) in [6.07, 6.45) is 4.55. The molecule has 2 aromatic carbocycles. The van der Waals surface area contributed by atoms with Crippen LogP contribution < -0.4 is 9.64 Å². The number of hydrogen-bond acceptors (Lipinski definition) is 6. The van der Waals surface area contributed by atoms with E-state index < -0.39 is 0 Å². The Morgan fingerprint density at radius 2 is 1.78 bits per heavy atom. The Balaban J connectivity index is 1.13. The van der Waals surface area contributed by atoms with E-state index in [0.717, 1.165) is 28.3 Å². The molecule has 1 aliphatic rings. The monoisotopic (exact) mass is 499 g/mol. The largest absolute Gasteiger partial charge is 0.497 e. The molecule has 0 unspecified atom stereocenters. The number of aromatic nitrogens is 5. The second kappa shape index (κ2) is 9.53. The summed E-state index contributed by atoms with van der Waals surface area (Å²) < 4.78 is 23.0. The van der Waals surface area contributed by atoms with E-state index in [4.69, 9.17) is 4.74 Å². The molecule has 0 N–H and O–H groups in total. The van der Waals surface area contributed by atoms with Gasteiger partial charge in [-0.2, -0.15) is 5.10 Å². The zero-order chi connectivity index (χ0) is 25.4. The highest BCUT2D eigenvalue weighted by Crippen LogP contribution is 2.24. The summed E-state index contributed by atoms with van der Waals surface area (Å²) in [4.78, 5) is 16.7. The Kier molecular flexibility index (Phi) is 5.91. The predicted octanol–water partition coefficient (Wildman–Crippen LogP) is 3.47. The third-order valence-corrected chi connectivity index (χ3v) is 6.86. The van der Waals surface area contributed by atoms with Crippen LogP contribution in [0.1, 0.15) is 12.2 Å². The minimum absolute atomic E-state index is 0.0668. The van der Waals surface area contributed by atoms with Crippen molar-refractivity contribution in [3.8, 4) is 17.0 Å². The molecule has 4 heterocycles. The van der Waals surface area contributed by atoms with Crippen molar-refractivity contribution in [2.45, 2.75) is 12.8 Å². The van der Waals surface area contributed by atoms with Gasteiger partial charge in [0.05, 0.1) is 18.5 Å². The molecule has 188 valence electrons. The van der Waals surface area contributed by atoms with Gasteiger partial charge in [0, 0.05) is 57.0 Å². The number of benzene rings is 2. The highest BCUT2D eigenvalue weighted by Gasteiger charge is 2.23. The van der Waals surface area contributed by atoms with Gasteiger partial charge >= 0.3 is 0 Å². The molecule has 0 radical (unpaired) electrons. The molecule has 10 heteroatoms. The number of halogens is 1. The normalized spacial score (nSPS) is 14.0. The van der Waals surface area contributed by atoms with Gasteiger partial charge in [-0.1, -0.05) is 12.1 Å². The van der Waals surface area contributed by atoms with E-state index in [2.05, 4.69) is 15.3 Å². The van der Waals surface area contributed by atoms with Crippen molar-refractivity contribution >= 4 is 22.8 Å². The van der Waals surface area contributed by atoms with E-state index in [-0.39, 0.29) is 11.7 Å². The van der Waals surface area contributed by atoms with Crippen LogP contribution in [-0.4, -0.2) is 68.3 Å². The molecular formula is C27H26FN7O2. The van der Waals surface area contributed by atoms with Gasteiger partial charge in [-0.15, -0.1) is 10.2 Å². The molecule has 1 amide bonds. The predicted molar refractivity (Wildman–Crippen MR) is 137 cm³/mol. The van der Waals surface area contributed by atoms with Gasteiger partial charge in [0.15, 0.2) is 5.65 Å². The number of amides is 1. The number of carbonyl (C=O) groups is 1. The van der Waals surface area contributed by atoms with Crippen LogP contribution in [0.15, 0.2) is 67.0 Å². The summed E-state index contributed by atoms with van der Waals surface area (Å²) >= 11 is 0. The van der Waals surface area contributed by atoms with Crippen LogP contribution in [0.5, 0.6) is 5.75 Å². The smallest absolute Gasteiger partial charge is 0.223 e. The van der Waals surface area contributed by atoms with Crippen LogP contribution in [-0.2, 0) is 11.2 Å². The lowest BCUT2D eigenvalue weighted by atomic mass is 10.1. The van der Waals surface area contributed by atoms with Crippen LogP contribution >= 0.6 is 0 Å². The summed E-state index contributed by atoms with van der Waals surface area (Å²) in [6.45, 7) is 2.35. The third-order valence-electron chi connectivity index (χ3n) is 6.86. The van der Waals surface area contributed by atoms with Gasteiger partial charge in [0.2, 0.25) is 5.91 Å². The quantitative estimate of drug-likeness (QED) is 0.356. The van der Waals surface area contributed by atoms with E-state index in [1.54, 1.807) is 23.8 Å². The average molecular weight is 500 g/mol. The van der Waals surface area contributed by atoms with E-state index in [0.29, 0.717) is 50.4 Å². The number of ether oxygens (including phenoxy) is 1. The minimum Gasteiger partial charge on any atom is -0.497 e. The highest BCUT2D eigenvalue weighted by molar-refractivity contribution is 5.78. The van der Waals surface area contributed by atoms with E-state index in [1.807, 2.05) is 63.0 Å². The van der Waals surface area contributed by atoms with Crippen LogP contribution in [0.4, 0.5) is 10.1 Å². The number of nitrogens with zero attached hydrogens (tertiary/aromatic N) is 7. The van der Waals surface area contributed by atoms with Crippen molar-refractivity contribution < 1.29 is 13.9 Å². The lowest BCUT2D eigenvalue weighted by Gasteiger charge is -2.36. The van der Waals surface area contributed by atoms with Gasteiger partial charge in [0.1, 0.15) is 22.9 Å². The van der Waals surface area contributed by atoms with E-state index >= 15 is 0 Å². The van der Waals surface area contributed by atoms with Gasteiger partial charge in [-0.25, -0.2) is 8.91 Å². The first-order chi connectivity index (χ1) is 18.1. The lowest BCUT2D eigenvalue weighted by molar-refractivity contribution is -0.131. The van der Waals surface area contributed by atoms with Crippen LogP contribution in [0.2, 0.25) is 0 Å². The molecule has 37 heavy (non-hydrogen) atoms. The highest BCUT2D eigenvalue weighted by atomic mass is 19.1. The van der Waals surface area contributed by atoms with Crippen molar-refractivity contribution in [3.63, 3.8) is 0 Å². The Morgan fingerprint density at radius 1 is 1.00 bits per heavy atom. The van der Waals surface area contributed by atoms with Crippen molar-refractivity contribution in [2.75, 3.05) is 38.2 Å². The number of methoxy groups -OCH3 is 1. The first-order valence-corrected chi connectivity index (χ1v) is 12.2. The van der Waals surface area contributed by atoms with Crippen LogP contribution in [0.3, 0.4) is 0 Å². The Labute approximate surface area is 212 Å². The molecule has 9 nitrogen and oxygen atoms in total. The van der Waals surface area contributed by atoms with Crippen LogP contribution in [0.25, 0.3) is 22.4 Å². The number of para-hydroxylation sites is 1. The molecule has 1 saturated heterocycles. The molecule has 0 aliphatic carbocycles. The van der Waals surface area contributed by atoms with Crippen molar-refractivity contribution in [1.82, 2.24) is 29.1 Å². The Morgan fingerprint density at radius 3 is 2.54 bits per heavy atom. The molecule has 1 aliphatic heterocycles. The molecule has 0 bridgehead atoms. The molecule has 6 rings (SSSR count). The van der Waals surface area contributed by atoms with E-state index in [1.165, 1.54) is 6.07 Å². The lowest BCUT2D eigenvalue weighted by Crippen LogP contribution is -2.49. The minimum atomic E-state index is -0.232. The fourth-order valence-corrected chi connectivity index (χ4v) is 4.81. The van der Waals surface area contributed by atoms with Crippen molar-refractivity contribution in [3.05, 3.63) is 78.6 Å². The Bertz CT molecular complexity index is 1570. The summed E-state index contributed by atoms with van der Waals surface area (Å²) in [5.41, 5.74) is 3.91. The fourth-order valence-electron chi connectivity index (χ4n) is 4.81. The number of hydrogen-bond donors (Lipinski definition) is 0. The maximum absolute atomic E-state index is 14.1. The zero-order valence-electron chi connectivity index (χ0n) is 20.4. The maximum Gasteiger partial charge on any atom is 0.223 e. The molecule has 1 fully saturated rings. The number of piperazine rings is 1. The molecule has 0 saturated carbocycles. The molecular weight excluding hydrogens is 473 g/mol. The number of carbonyl (C=O) groups excluding carboxylic acids is 1. The first kappa shape index (κ1) is 23.0. The zero-order valence-corrected chi connectivity index (χ0v) is 20.4. The molecule has 3 aromatic heterocycles. The van der Waals surface area contributed by atoms with Crippen LogP contribution in [0, 0.1) is 5.82 Å². The Hall–Kier alpha value is -4.47. The van der Waals surface area contributed by atoms with Crippen molar-refractivity contribution in [1.29, 1.82) is 0 Å². The number of rotatable bonds is 6. The standard InChI is InChI=1S/C27H26FN7O2/c1-37-20-8-6-19(7-9-20)22-18-24-27-30-29-25(34(27)16-17-35(24)31-22)10-11-26(36)33-14-12-32(13-15-33)23-5-3-2-4-21(23)28/h2-9,16-18H,10-15H2,1H3. The SMILES string of the molecule is COc1ccc(-c2cc3c4nnc(CCC(=O)N5CCN(c6ccccc6F)CC5)n4ccn3n2)cc1. The van der Waals surface area contributed by atoms with E-state index in [9.17, 15) is 9.18 Å². The number of anilines is 1. The molecule has 5 aromatic rings. The first-order valence-electron chi connectivity index (χ1n) is 12.2. The molecule has 0 spiro atoms. The number of fused-ring (bicyclic) bond motifs is 3. The van der Waals surface area contributed by atoms with Gasteiger partial charge in [0.25, 0.3) is 0 Å². The average Bonchev–Trinajstić information content (AvgIpc) is 3.56. The van der Waals surface area contributed by atoms with Gasteiger partial charge < -0.3 is 14.5 Å². The third kappa shape index (κ3) is 4.35. The van der Waals surface area contributed by atoms with Gasteiger partial charge in [-0.3, -0.25) is 9.20 Å². The summed E-state index contributed by atoms with van der Waals surface area (Å²) in [6, 6.07) is 16.5. The fraction of sp³-hybridized carbons (Fsp3) is 0.259. The van der Waals surface area contributed by atoms with Gasteiger partial charge in [-0.05, 0) is 42.5 Å². The maximum atomic E-state index is 14.1. The second-order valence-electron chi connectivity index (χ2n) is 9.02. The number of aryl methyl sites for hydroxylation is 1. The summed E-state index contributed by atoms with van der Waals surface area (Å²) in [7, 11) is 1.64. The topological polar surface area (TPSA) is 80.3 Å². The van der Waals surface area contributed by atoms with Crippen molar-refractivity contribution in [2.24, 2.45) is 0 Å².